The molecule has 2 aliphatic carbocycles. The van der Waals surface area contributed by atoms with Crippen molar-refractivity contribution in [2.45, 2.75) is 68.0 Å². The Hall–Kier alpha value is -0.700. The molecule has 1 N–H and O–H groups in total. The molecule has 5 nitrogen and oxygen atoms in total. The van der Waals surface area contributed by atoms with Gasteiger partial charge in [0.05, 0.1) is 6.41 Å². The maximum absolute atomic E-state index is 10.9. The standard InChI is InChI=1S/C13H14NO.C10H12NO2S2.Na/c15-8-14-13-11-5-1-3-9(11)7-10-4-2-6-12(10)13;12-15(13)9-5-8-6-11-3-1-7(2-4-11)10(8)14-9;/h7H,1-6H2,(H,14,15);5,7H,1-4,6H2;/q2*-1;+1. The maximum atomic E-state index is 10.9. The minimum atomic E-state index is -2.05. The monoisotopic (exact) mass is 465 g/mol. The number of hydrogen-bond donors (Lipinski definition) is 1. The predicted octanol–water partition coefficient (Wildman–Crippen LogP) is 1.26. The van der Waals surface area contributed by atoms with Crippen LogP contribution in [-0.4, -0.2) is 24.4 Å². The smallest absolute Gasteiger partial charge is 0.490 e. The molecule has 0 spiro atoms. The van der Waals surface area contributed by atoms with Crippen LogP contribution < -0.4 is 34.9 Å². The van der Waals surface area contributed by atoms with Gasteiger partial charge in [0, 0.05) is 11.4 Å². The van der Waals surface area contributed by atoms with E-state index in [0.717, 1.165) is 25.1 Å². The number of aryl methyl sites for hydroxylation is 2. The van der Waals surface area contributed by atoms with E-state index in [4.69, 9.17) is 0 Å². The van der Waals surface area contributed by atoms with Crippen LogP contribution in [0.5, 0.6) is 0 Å². The molecule has 5 aliphatic rings. The summed E-state index contributed by atoms with van der Waals surface area (Å²) < 4.78 is 22.3. The second-order valence-corrected chi connectivity index (χ2v) is 11.0. The average Bonchev–Trinajstić information content (AvgIpc) is 3.46. The molecule has 0 radical (unpaired) electrons. The van der Waals surface area contributed by atoms with Crippen molar-refractivity contribution in [3.8, 4) is 0 Å². The number of rotatable bonds is 3. The van der Waals surface area contributed by atoms with Crippen LogP contribution >= 0.6 is 11.3 Å². The SMILES string of the molecule is O=[C-]Nc1c2c(cc3c1CCC3)CCC2.O=[S-](=O)c1cc2c(s1)C1CCN(CC1)C2.[Na+]. The minimum Gasteiger partial charge on any atom is -0.490 e. The Morgan fingerprint density at radius 2 is 1.61 bits per heavy atom. The molecule has 2 aromatic rings. The number of thiophene rings is 1. The van der Waals surface area contributed by atoms with Gasteiger partial charge in [0.1, 0.15) is 0 Å². The van der Waals surface area contributed by atoms with Gasteiger partial charge >= 0.3 is 29.6 Å². The van der Waals surface area contributed by atoms with Gasteiger partial charge in [-0.05, 0) is 90.9 Å². The molecule has 0 saturated carbocycles. The third kappa shape index (κ3) is 4.68. The Bertz CT molecular complexity index is 1020. The van der Waals surface area contributed by atoms with E-state index in [1.54, 1.807) is 0 Å². The second-order valence-electron chi connectivity index (χ2n) is 8.70. The van der Waals surface area contributed by atoms with Gasteiger partial charge in [0.2, 0.25) is 0 Å². The average molecular weight is 466 g/mol. The topological polar surface area (TPSA) is 66.5 Å². The summed E-state index contributed by atoms with van der Waals surface area (Å²) in [4.78, 5) is 14.3. The molecule has 1 saturated heterocycles. The fraction of sp³-hybridized carbons (Fsp3) is 0.522. The molecular weight excluding hydrogens is 439 g/mol. The summed E-state index contributed by atoms with van der Waals surface area (Å²) in [5, 5.41) is 2.80. The molecule has 3 aliphatic heterocycles. The number of fused-ring (bicyclic) bond motifs is 4. The van der Waals surface area contributed by atoms with E-state index in [9.17, 15) is 13.2 Å². The van der Waals surface area contributed by atoms with Gasteiger partial charge in [-0.25, -0.2) is 0 Å². The summed E-state index contributed by atoms with van der Waals surface area (Å²) >= 11 is 1.48. The van der Waals surface area contributed by atoms with Crippen LogP contribution in [0, 0.1) is 0 Å². The predicted molar refractivity (Wildman–Crippen MR) is 118 cm³/mol. The molecule has 4 heterocycles. The molecule has 0 atom stereocenters. The van der Waals surface area contributed by atoms with E-state index >= 15 is 0 Å². The van der Waals surface area contributed by atoms with Crippen molar-refractivity contribution < 1.29 is 42.8 Å². The first kappa shape index (κ1) is 23.5. The van der Waals surface area contributed by atoms with Crippen molar-refractivity contribution in [1.29, 1.82) is 0 Å². The second kappa shape index (κ2) is 10.1. The van der Waals surface area contributed by atoms with E-state index in [0.29, 0.717) is 10.1 Å². The molecule has 1 aromatic heterocycles. The van der Waals surface area contributed by atoms with E-state index in [1.165, 1.54) is 95.6 Å². The summed E-state index contributed by atoms with van der Waals surface area (Å²) in [5.41, 5.74) is 7.99. The molecule has 7 rings (SSSR count). The Balaban J connectivity index is 0.000000144. The normalized spacial score (nSPS) is 22.5. The number of piperidine rings is 1. The van der Waals surface area contributed by atoms with Crippen LogP contribution in [0.2, 0.25) is 0 Å². The Morgan fingerprint density at radius 1 is 0.968 bits per heavy atom. The Morgan fingerprint density at radius 3 is 2.19 bits per heavy atom. The van der Waals surface area contributed by atoms with Crippen molar-refractivity contribution >= 4 is 34.1 Å². The fourth-order valence-corrected chi connectivity index (χ4v) is 7.44. The zero-order valence-corrected chi connectivity index (χ0v) is 21.6. The molecule has 31 heavy (non-hydrogen) atoms. The largest absolute Gasteiger partial charge is 1.00 e. The van der Waals surface area contributed by atoms with Gasteiger partial charge in [0.25, 0.3) is 0 Å². The number of carbonyl (C=O) groups excluding carboxylic acids is 1. The van der Waals surface area contributed by atoms with Gasteiger partial charge in [-0.1, -0.05) is 23.3 Å². The number of benzene rings is 1. The van der Waals surface area contributed by atoms with E-state index < -0.39 is 10.7 Å². The summed E-state index contributed by atoms with van der Waals surface area (Å²) in [7, 11) is -2.05. The Labute approximate surface area is 211 Å². The fourth-order valence-electron chi connectivity index (χ4n) is 5.58. The molecule has 1 amide bonds. The Kier molecular flexibility index (Phi) is 7.61. The first-order valence-corrected chi connectivity index (χ1v) is 12.8. The maximum Gasteiger partial charge on any atom is 1.00 e. The number of hydrogen-bond acceptors (Lipinski definition) is 6. The number of anilines is 1. The van der Waals surface area contributed by atoms with E-state index in [2.05, 4.69) is 16.3 Å². The molecule has 1 aromatic carbocycles. The molecule has 160 valence electrons. The van der Waals surface area contributed by atoms with Crippen molar-refractivity contribution in [1.82, 2.24) is 4.90 Å². The van der Waals surface area contributed by atoms with E-state index in [-0.39, 0.29) is 29.6 Å². The van der Waals surface area contributed by atoms with Crippen LogP contribution in [0.25, 0.3) is 0 Å². The van der Waals surface area contributed by atoms with Crippen LogP contribution in [0.1, 0.15) is 64.3 Å². The van der Waals surface area contributed by atoms with Crippen LogP contribution in [0.4, 0.5) is 5.69 Å². The van der Waals surface area contributed by atoms with Crippen molar-refractivity contribution in [3.05, 3.63) is 44.8 Å². The molecule has 0 unspecified atom stereocenters. The van der Waals surface area contributed by atoms with E-state index in [1.807, 2.05) is 12.5 Å². The number of nitrogens with zero attached hydrogens (tertiary/aromatic N) is 1. The van der Waals surface area contributed by atoms with Crippen LogP contribution in [0.15, 0.2) is 16.3 Å². The zero-order chi connectivity index (χ0) is 20.7. The molecule has 2 bridgehead atoms. The van der Waals surface area contributed by atoms with Gasteiger partial charge in [-0.2, -0.15) is 11.3 Å². The molecular formula is C23H26N2NaO3S2-. The first-order chi connectivity index (χ1) is 14.6. The minimum absolute atomic E-state index is 0. The van der Waals surface area contributed by atoms with Crippen molar-refractivity contribution in [3.63, 3.8) is 0 Å². The summed E-state index contributed by atoms with van der Waals surface area (Å²) in [6.07, 6.45) is 11.3. The third-order valence-corrected chi connectivity index (χ3v) is 9.22. The van der Waals surface area contributed by atoms with Gasteiger partial charge < -0.3 is 18.5 Å². The summed E-state index contributed by atoms with van der Waals surface area (Å²) in [6.45, 7) is 3.28. The molecule has 8 heteroatoms. The summed E-state index contributed by atoms with van der Waals surface area (Å²) in [6, 6.07) is 4.22. The molecule has 1 fully saturated rings. The summed E-state index contributed by atoms with van der Waals surface area (Å²) in [5.74, 6) is 0.612. The van der Waals surface area contributed by atoms with Crippen molar-refractivity contribution in [2.75, 3.05) is 18.4 Å². The van der Waals surface area contributed by atoms with Gasteiger partial charge in [-0.15, -0.1) is 16.8 Å². The third-order valence-electron chi connectivity index (χ3n) is 6.98. The number of nitrogens with one attached hydrogen (secondary N) is 1. The van der Waals surface area contributed by atoms with Crippen LogP contribution in [0.3, 0.4) is 0 Å². The quantitative estimate of drug-likeness (QED) is 0.321. The zero-order valence-electron chi connectivity index (χ0n) is 18.0. The van der Waals surface area contributed by atoms with Crippen molar-refractivity contribution in [2.24, 2.45) is 0 Å². The van der Waals surface area contributed by atoms with Gasteiger partial charge in [0.15, 0.2) is 0 Å². The van der Waals surface area contributed by atoms with Gasteiger partial charge in [-0.3, -0.25) is 4.90 Å². The van der Waals surface area contributed by atoms with Crippen LogP contribution in [-0.2, 0) is 56.1 Å². The number of amides is 1. The first-order valence-electron chi connectivity index (χ1n) is 10.9.